The molecule has 0 unspecified atom stereocenters. The third-order valence-electron chi connectivity index (χ3n) is 4.32. The van der Waals surface area contributed by atoms with Gasteiger partial charge in [0.15, 0.2) is 0 Å². The molecule has 2 rings (SSSR count). The fourth-order valence-electron chi connectivity index (χ4n) is 2.97. The van der Waals surface area contributed by atoms with E-state index in [2.05, 4.69) is 5.32 Å². The molecule has 130 valence electrons. The Morgan fingerprint density at radius 1 is 1.29 bits per heavy atom. The van der Waals surface area contributed by atoms with Gasteiger partial charge in [0.05, 0.1) is 12.0 Å². The summed E-state index contributed by atoms with van der Waals surface area (Å²) >= 11 is 0. The second-order valence-electron chi connectivity index (χ2n) is 6.45. The molecule has 0 spiro atoms. The Morgan fingerprint density at radius 2 is 1.96 bits per heavy atom. The molecule has 1 aliphatic rings. The molecular formula is C18H24N2O4. The summed E-state index contributed by atoms with van der Waals surface area (Å²) in [6, 6.07) is 9.03. The van der Waals surface area contributed by atoms with Crippen molar-refractivity contribution in [1.82, 2.24) is 10.2 Å². The number of carbonyl (C=O) groups is 3. The van der Waals surface area contributed by atoms with Crippen molar-refractivity contribution in [1.29, 1.82) is 0 Å². The third kappa shape index (κ3) is 4.57. The Bertz CT molecular complexity index is 600. The van der Waals surface area contributed by atoms with Crippen LogP contribution in [-0.2, 0) is 14.4 Å². The number of carbonyl (C=O) groups excluding carboxylic acids is 2. The lowest BCUT2D eigenvalue weighted by atomic mass is 10.00. The van der Waals surface area contributed by atoms with Gasteiger partial charge in [0.2, 0.25) is 11.8 Å². The minimum absolute atomic E-state index is 0.00746. The topological polar surface area (TPSA) is 86.7 Å². The van der Waals surface area contributed by atoms with Crippen molar-refractivity contribution >= 4 is 17.8 Å². The van der Waals surface area contributed by atoms with E-state index in [0.717, 1.165) is 5.56 Å². The summed E-state index contributed by atoms with van der Waals surface area (Å²) in [6.45, 7) is 4.28. The van der Waals surface area contributed by atoms with Crippen molar-refractivity contribution in [2.45, 2.75) is 45.2 Å². The van der Waals surface area contributed by atoms with Crippen LogP contribution in [0.2, 0.25) is 0 Å². The zero-order valence-corrected chi connectivity index (χ0v) is 14.1. The molecule has 1 aromatic carbocycles. The molecule has 0 radical (unpaired) electrons. The smallest absolute Gasteiger partial charge is 0.303 e. The summed E-state index contributed by atoms with van der Waals surface area (Å²) in [5.41, 5.74) is 0.872. The summed E-state index contributed by atoms with van der Waals surface area (Å²) < 4.78 is 0. The van der Waals surface area contributed by atoms with E-state index in [1.807, 2.05) is 44.2 Å². The molecule has 0 aromatic heterocycles. The standard InChI is InChI=1S/C18H24N2O4/c1-12(2)20-11-14(10-16(20)21)18(24)19-15(8-9-17(22)23)13-6-4-3-5-7-13/h3-7,12,14-15H,8-11H2,1-2H3,(H,19,24)(H,22,23)/t14-,15+/m0/s1. The average molecular weight is 332 g/mol. The maximum atomic E-state index is 12.6. The van der Waals surface area contributed by atoms with Crippen LogP contribution in [0.15, 0.2) is 30.3 Å². The van der Waals surface area contributed by atoms with Gasteiger partial charge in [-0.1, -0.05) is 30.3 Å². The van der Waals surface area contributed by atoms with Gasteiger partial charge in [-0.3, -0.25) is 14.4 Å². The van der Waals surface area contributed by atoms with Crippen LogP contribution in [0.3, 0.4) is 0 Å². The SMILES string of the molecule is CC(C)N1C[C@@H](C(=O)N[C@H](CCC(=O)O)c2ccccc2)CC1=O. The van der Waals surface area contributed by atoms with Gasteiger partial charge in [0.1, 0.15) is 0 Å². The molecule has 2 atom stereocenters. The molecular weight excluding hydrogens is 308 g/mol. The van der Waals surface area contributed by atoms with Crippen molar-refractivity contribution in [2.24, 2.45) is 5.92 Å². The number of hydrogen-bond donors (Lipinski definition) is 2. The first-order valence-electron chi connectivity index (χ1n) is 8.25. The van der Waals surface area contributed by atoms with Crippen LogP contribution in [0.4, 0.5) is 0 Å². The number of likely N-dealkylation sites (tertiary alicyclic amines) is 1. The van der Waals surface area contributed by atoms with E-state index >= 15 is 0 Å². The molecule has 6 nitrogen and oxygen atoms in total. The lowest BCUT2D eigenvalue weighted by Gasteiger charge is -2.22. The summed E-state index contributed by atoms with van der Waals surface area (Å²) in [5.74, 6) is -1.47. The van der Waals surface area contributed by atoms with Crippen molar-refractivity contribution in [2.75, 3.05) is 6.54 Å². The number of nitrogens with zero attached hydrogens (tertiary/aromatic N) is 1. The minimum Gasteiger partial charge on any atom is -0.481 e. The van der Waals surface area contributed by atoms with Gasteiger partial charge in [-0.25, -0.2) is 0 Å². The van der Waals surface area contributed by atoms with Crippen molar-refractivity contribution in [3.63, 3.8) is 0 Å². The average Bonchev–Trinajstić information content (AvgIpc) is 2.94. The van der Waals surface area contributed by atoms with E-state index < -0.39 is 5.97 Å². The molecule has 1 heterocycles. The fraction of sp³-hybridized carbons (Fsp3) is 0.500. The Kier molecular flexibility index (Phi) is 5.95. The number of nitrogens with one attached hydrogen (secondary N) is 1. The Labute approximate surface area is 141 Å². The monoisotopic (exact) mass is 332 g/mol. The fourth-order valence-corrected chi connectivity index (χ4v) is 2.97. The van der Waals surface area contributed by atoms with Crippen LogP contribution in [0.5, 0.6) is 0 Å². The molecule has 6 heteroatoms. The number of hydrogen-bond acceptors (Lipinski definition) is 3. The van der Waals surface area contributed by atoms with Crippen molar-refractivity contribution in [3.05, 3.63) is 35.9 Å². The van der Waals surface area contributed by atoms with Crippen molar-refractivity contribution in [3.8, 4) is 0 Å². The summed E-state index contributed by atoms with van der Waals surface area (Å²) in [5, 5.41) is 11.9. The predicted molar refractivity (Wildman–Crippen MR) is 89.2 cm³/mol. The molecule has 1 saturated heterocycles. The number of benzene rings is 1. The largest absolute Gasteiger partial charge is 0.481 e. The normalized spacial score (nSPS) is 18.7. The van der Waals surface area contributed by atoms with Gasteiger partial charge < -0.3 is 15.3 Å². The van der Waals surface area contributed by atoms with E-state index in [1.54, 1.807) is 4.90 Å². The van der Waals surface area contributed by atoms with E-state index in [0.29, 0.717) is 13.0 Å². The second-order valence-corrected chi connectivity index (χ2v) is 6.45. The highest BCUT2D eigenvalue weighted by Gasteiger charge is 2.36. The van der Waals surface area contributed by atoms with Gasteiger partial charge in [-0.2, -0.15) is 0 Å². The van der Waals surface area contributed by atoms with Crippen molar-refractivity contribution < 1.29 is 19.5 Å². The van der Waals surface area contributed by atoms with E-state index in [4.69, 9.17) is 5.11 Å². The Morgan fingerprint density at radius 3 is 2.50 bits per heavy atom. The first kappa shape index (κ1) is 18.0. The Hall–Kier alpha value is -2.37. The van der Waals surface area contributed by atoms with Crippen LogP contribution in [0.25, 0.3) is 0 Å². The van der Waals surface area contributed by atoms with E-state index in [9.17, 15) is 14.4 Å². The summed E-state index contributed by atoms with van der Waals surface area (Å²) in [4.78, 5) is 37.1. The maximum Gasteiger partial charge on any atom is 0.303 e. The highest BCUT2D eigenvalue weighted by atomic mass is 16.4. The van der Waals surface area contributed by atoms with Crippen LogP contribution >= 0.6 is 0 Å². The van der Waals surface area contributed by atoms with Crippen LogP contribution in [0, 0.1) is 5.92 Å². The van der Waals surface area contributed by atoms with Crippen LogP contribution in [0.1, 0.15) is 44.7 Å². The number of aliphatic carboxylic acids is 1. The molecule has 0 aliphatic carbocycles. The molecule has 0 bridgehead atoms. The number of amides is 2. The third-order valence-corrected chi connectivity index (χ3v) is 4.32. The number of carboxylic acid groups (broad SMARTS) is 1. The lowest BCUT2D eigenvalue weighted by molar-refractivity contribution is -0.137. The molecule has 1 fully saturated rings. The van der Waals surface area contributed by atoms with E-state index in [-0.39, 0.29) is 42.7 Å². The molecule has 24 heavy (non-hydrogen) atoms. The molecule has 2 amide bonds. The maximum absolute atomic E-state index is 12.6. The van der Waals surface area contributed by atoms with Crippen LogP contribution < -0.4 is 5.32 Å². The highest BCUT2D eigenvalue weighted by molar-refractivity contribution is 5.89. The lowest BCUT2D eigenvalue weighted by Crippen LogP contribution is -2.37. The number of carboxylic acids is 1. The molecule has 1 aliphatic heterocycles. The zero-order chi connectivity index (χ0) is 17.7. The first-order valence-corrected chi connectivity index (χ1v) is 8.25. The number of rotatable bonds is 7. The minimum atomic E-state index is -0.896. The van der Waals surface area contributed by atoms with Gasteiger partial charge >= 0.3 is 5.97 Å². The zero-order valence-electron chi connectivity index (χ0n) is 14.1. The molecule has 2 N–H and O–H groups in total. The predicted octanol–water partition coefficient (Wildman–Crippen LogP) is 1.97. The summed E-state index contributed by atoms with van der Waals surface area (Å²) in [7, 11) is 0. The molecule has 1 aromatic rings. The quantitative estimate of drug-likeness (QED) is 0.799. The van der Waals surface area contributed by atoms with Gasteiger partial charge in [0, 0.05) is 25.4 Å². The van der Waals surface area contributed by atoms with E-state index in [1.165, 1.54) is 0 Å². The van der Waals surface area contributed by atoms with Crippen LogP contribution in [-0.4, -0.2) is 40.4 Å². The molecule has 0 saturated carbocycles. The van der Waals surface area contributed by atoms with Gasteiger partial charge in [0.25, 0.3) is 0 Å². The first-order chi connectivity index (χ1) is 11.4. The van der Waals surface area contributed by atoms with Gasteiger partial charge in [-0.15, -0.1) is 0 Å². The summed E-state index contributed by atoms with van der Waals surface area (Å²) in [6.07, 6.45) is 0.506. The Balaban J connectivity index is 2.05. The van der Waals surface area contributed by atoms with Gasteiger partial charge in [-0.05, 0) is 25.8 Å². The highest BCUT2D eigenvalue weighted by Crippen LogP contribution is 2.23. The second kappa shape index (κ2) is 7.95.